The SMILES string of the molecule is CC1CCC(N(C2CCC(C)CC2)C2CCCC3CCCCC32)CC1. The Bertz CT molecular complexity index is 378. The first kappa shape index (κ1) is 18.3. The highest BCUT2D eigenvalue weighted by Crippen LogP contribution is 2.46. The van der Waals surface area contributed by atoms with Gasteiger partial charge in [-0.2, -0.15) is 0 Å². The van der Waals surface area contributed by atoms with Gasteiger partial charge in [0.15, 0.2) is 0 Å². The second-order valence-corrected chi connectivity index (χ2v) is 10.5. The zero-order valence-corrected chi connectivity index (χ0v) is 17.1. The van der Waals surface area contributed by atoms with Crippen LogP contribution in [0.4, 0.5) is 0 Å². The normalized spacial score (nSPS) is 46.0. The molecule has 3 atom stereocenters. The van der Waals surface area contributed by atoms with Gasteiger partial charge in [0.2, 0.25) is 0 Å². The first-order chi connectivity index (χ1) is 12.2. The van der Waals surface area contributed by atoms with E-state index in [-0.39, 0.29) is 0 Å². The molecule has 4 aliphatic carbocycles. The van der Waals surface area contributed by atoms with E-state index in [1.807, 2.05) is 0 Å². The molecule has 0 heterocycles. The van der Waals surface area contributed by atoms with Crippen LogP contribution < -0.4 is 0 Å². The van der Waals surface area contributed by atoms with Crippen molar-refractivity contribution in [2.45, 2.75) is 128 Å². The second-order valence-electron chi connectivity index (χ2n) is 10.5. The van der Waals surface area contributed by atoms with E-state index in [1.54, 1.807) is 19.3 Å². The molecular formula is C24H43N. The Balaban J connectivity index is 1.53. The molecule has 0 spiro atoms. The minimum absolute atomic E-state index is 0.931. The van der Waals surface area contributed by atoms with Crippen LogP contribution in [0.3, 0.4) is 0 Å². The Morgan fingerprint density at radius 3 is 1.64 bits per heavy atom. The van der Waals surface area contributed by atoms with Gasteiger partial charge in [-0.15, -0.1) is 0 Å². The van der Waals surface area contributed by atoms with Crippen LogP contribution in [0.5, 0.6) is 0 Å². The van der Waals surface area contributed by atoms with Crippen molar-refractivity contribution in [1.82, 2.24) is 4.90 Å². The van der Waals surface area contributed by atoms with Crippen LogP contribution in [-0.2, 0) is 0 Å². The third kappa shape index (κ3) is 4.12. The van der Waals surface area contributed by atoms with Gasteiger partial charge in [0.1, 0.15) is 0 Å². The number of nitrogens with zero attached hydrogens (tertiary/aromatic N) is 1. The third-order valence-corrected chi connectivity index (χ3v) is 8.73. The number of rotatable bonds is 3. The minimum Gasteiger partial charge on any atom is -0.294 e. The summed E-state index contributed by atoms with van der Waals surface area (Å²) in [5, 5.41) is 0. The predicted octanol–water partition coefficient (Wildman–Crippen LogP) is 6.80. The van der Waals surface area contributed by atoms with Gasteiger partial charge in [-0.25, -0.2) is 0 Å². The maximum absolute atomic E-state index is 3.21. The summed E-state index contributed by atoms with van der Waals surface area (Å²) < 4.78 is 0. The number of hydrogen-bond acceptors (Lipinski definition) is 1. The first-order valence-electron chi connectivity index (χ1n) is 12.0. The van der Waals surface area contributed by atoms with Crippen LogP contribution >= 0.6 is 0 Å². The first-order valence-corrected chi connectivity index (χ1v) is 12.0. The lowest BCUT2D eigenvalue weighted by Gasteiger charge is -2.53. The minimum atomic E-state index is 0.931. The van der Waals surface area contributed by atoms with Gasteiger partial charge in [0, 0.05) is 18.1 Å². The van der Waals surface area contributed by atoms with Gasteiger partial charge in [-0.3, -0.25) is 4.90 Å². The van der Waals surface area contributed by atoms with E-state index in [1.165, 1.54) is 77.0 Å². The van der Waals surface area contributed by atoms with Crippen molar-refractivity contribution < 1.29 is 0 Å². The highest BCUT2D eigenvalue weighted by atomic mass is 15.2. The summed E-state index contributed by atoms with van der Waals surface area (Å²) in [4.78, 5) is 3.21. The summed E-state index contributed by atoms with van der Waals surface area (Å²) in [6.07, 6.45) is 22.7. The molecule has 25 heavy (non-hydrogen) atoms. The highest BCUT2D eigenvalue weighted by Gasteiger charge is 2.43. The molecule has 0 N–H and O–H groups in total. The number of hydrogen-bond donors (Lipinski definition) is 0. The summed E-state index contributed by atoms with van der Waals surface area (Å²) in [6, 6.07) is 2.82. The molecule has 4 saturated carbocycles. The molecule has 0 radical (unpaired) electrons. The summed E-state index contributed by atoms with van der Waals surface area (Å²) in [6.45, 7) is 4.97. The Morgan fingerprint density at radius 2 is 1.04 bits per heavy atom. The monoisotopic (exact) mass is 345 g/mol. The Kier molecular flexibility index (Phi) is 6.10. The molecule has 0 aliphatic heterocycles. The lowest BCUT2D eigenvalue weighted by Crippen LogP contribution is -2.56. The van der Waals surface area contributed by atoms with Crippen LogP contribution in [0, 0.1) is 23.7 Å². The topological polar surface area (TPSA) is 3.24 Å². The lowest BCUT2D eigenvalue weighted by molar-refractivity contribution is -0.0379. The van der Waals surface area contributed by atoms with E-state index in [9.17, 15) is 0 Å². The van der Waals surface area contributed by atoms with Crippen LogP contribution in [0.1, 0.15) is 110 Å². The van der Waals surface area contributed by atoms with Crippen LogP contribution in [0.15, 0.2) is 0 Å². The fourth-order valence-electron chi connectivity index (χ4n) is 7.20. The van der Waals surface area contributed by atoms with Gasteiger partial charge in [0.05, 0.1) is 0 Å². The van der Waals surface area contributed by atoms with Crippen LogP contribution in [0.25, 0.3) is 0 Å². The highest BCUT2D eigenvalue weighted by molar-refractivity contribution is 4.97. The summed E-state index contributed by atoms with van der Waals surface area (Å²) in [5.41, 5.74) is 0. The van der Waals surface area contributed by atoms with E-state index in [4.69, 9.17) is 0 Å². The summed E-state index contributed by atoms with van der Waals surface area (Å²) in [7, 11) is 0. The van der Waals surface area contributed by atoms with E-state index in [2.05, 4.69) is 18.7 Å². The van der Waals surface area contributed by atoms with Gasteiger partial charge in [-0.05, 0) is 87.9 Å². The zero-order valence-electron chi connectivity index (χ0n) is 17.1. The molecule has 0 aromatic heterocycles. The fourth-order valence-corrected chi connectivity index (χ4v) is 7.20. The van der Waals surface area contributed by atoms with Crippen LogP contribution in [0.2, 0.25) is 0 Å². The van der Waals surface area contributed by atoms with Gasteiger partial charge >= 0.3 is 0 Å². The molecule has 1 nitrogen and oxygen atoms in total. The molecule has 4 fully saturated rings. The maximum atomic E-state index is 3.21. The number of fused-ring (bicyclic) bond motifs is 1. The predicted molar refractivity (Wildman–Crippen MR) is 108 cm³/mol. The van der Waals surface area contributed by atoms with Crippen molar-refractivity contribution in [2.75, 3.05) is 0 Å². The van der Waals surface area contributed by atoms with Crippen molar-refractivity contribution in [1.29, 1.82) is 0 Å². The molecule has 4 rings (SSSR count). The standard InChI is InChI=1S/C24H43N/c1-18-10-14-21(15-11-18)25(22-16-12-19(2)13-17-22)24-9-5-7-20-6-3-4-8-23(20)24/h18-24H,3-17H2,1-2H3. The van der Waals surface area contributed by atoms with E-state index >= 15 is 0 Å². The van der Waals surface area contributed by atoms with E-state index < -0.39 is 0 Å². The van der Waals surface area contributed by atoms with Crippen LogP contribution in [-0.4, -0.2) is 23.0 Å². The smallest absolute Gasteiger partial charge is 0.0132 e. The molecule has 144 valence electrons. The third-order valence-electron chi connectivity index (χ3n) is 8.73. The Morgan fingerprint density at radius 1 is 0.520 bits per heavy atom. The molecule has 4 aliphatic rings. The summed E-state index contributed by atoms with van der Waals surface area (Å²) >= 11 is 0. The second kappa shape index (κ2) is 8.32. The molecule has 1 heteroatoms. The van der Waals surface area contributed by atoms with Crippen molar-refractivity contribution in [3.63, 3.8) is 0 Å². The fraction of sp³-hybridized carbons (Fsp3) is 1.00. The quantitative estimate of drug-likeness (QED) is 0.543. The zero-order chi connectivity index (χ0) is 17.2. The Labute approximate surface area is 157 Å². The molecule has 0 aromatic carbocycles. The lowest BCUT2D eigenvalue weighted by atomic mass is 9.66. The van der Waals surface area contributed by atoms with E-state index in [0.29, 0.717) is 0 Å². The molecule has 0 aromatic rings. The largest absolute Gasteiger partial charge is 0.294 e. The average molecular weight is 346 g/mol. The Hall–Kier alpha value is -0.0400. The molecule has 0 amide bonds. The molecule has 3 unspecified atom stereocenters. The van der Waals surface area contributed by atoms with Crippen molar-refractivity contribution in [2.24, 2.45) is 23.7 Å². The van der Waals surface area contributed by atoms with Crippen molar-refractivity contribution in [3.05, 3.63) is 0 Å². The van der Waals surface area contributed by atoms with Crippen molar-refractivity contribution in [3.8, 4) is 0 Å². The summed E-state index contributed by atoms with van der Waals surface area (Å²) in [5.74, 6) is 4.11. The average Bonchev–Trinajstić information content (AvgIpc) is 2.65. The van der Waals surface area contributed by atoms with Crippen molar-refractivity contribution >= 4 is 0 Å². The van der Waals surface area contributed by atoms with Gasteiger partial charge < -0.3 is 0 Å². The maximum Gasteiger partial charge on any atom is 0.0132 e. The van der Waals surface area contributed by atoms with Gasteiger partial charge in [-0.1, -0.05) is 46.0 Å². The van der Waals surface area contributed by atoms with Gasteiger partial charge in [0.25, 0.3) is 0 Å². The molecule has 0 saturated heterocycles. The van der Waals surface area contributed by atoms with E-state index in [0.717, 1.165) is 41.8 Å². The molecular weight excluding hydrogens is 302 g/mol. The molecule has 0 bridgehead atoms.